The highest BCUT2D eigenvalue weighted by Crippen LogP contribution is 2.15. The number of hydrogen-bond donors (Lipinski definition) is 1. The fourth-order valence-electron chi connectivity index (χ4n) is 1.75. The van der Waals surface area contributed by atoms with E-state index in [4.69, 9.17) is 14.9 Å². The second-order valence-electron chi connectivity index (χ2n) is 4.48. The van der Waals surface area contributed by atoms with E-state index in [1.165, 1.54) is 17.0 Å². The molecule has 0 bridgehead atoms. The Morgan fingerprint density at radius 1 is 1.33 bits per heavy atom. The molecule has 6 heteroatoms. The van der Waals surface area contributed by atoms with Crippen molar-refractivity contribution < 1.29 is 18.3 Å². The molecule has 0 aliphatic heterocycles. The minimum Gasteiger partial charge on any atom is -0.489 e. The molecule has 2 aromatic rings. The molecule has 0 atom stereocenters. The standard InChI is InChI=1S/C15H17FN2O3/c1-18(15(19)14-7-6-11(10-17)21-14)8-9-20-13-5-3-2-4-12(13)16/h2-7H,8-10,17H2,1H3. The Labute approximate surface area is 122 Å². The van der Waals surface area contributed by atoms with Gasteiger partial charge in [0.2, 0.25) is 0 Å². The summed E-state index contributed by atoms with van der Waals surface area (Å²) in [7, 11) is 1.62. The number of nitrogens with two attached hydrogens (primary N) is 1. The topological polar surface area (TPSA) is 68.7 Å². The molecule has 0 aliphatic rings. The number of para-hydroxylation sites is 1. The van der Waals surface area contributed by atoms with Crippen molar-refractivity contribution in [2.75, 3.05) is 20.2 Å². The summed E-state index contributed by atoms with van der Waals surface area (Å²) in [5, 5.41) is 0. The number of carbonyl (C=O) groups excluding carboxylic acids is 1. The number of halogens is 1. The predicted octanol–water partition coefficient (Wildman–Crippen LogP) is 2.03. The number of likely N-dealkylation sites (N-methyl/N-ethyl adjacent to an activating group) is 1. The highest BCUT2D eigenvalue weighted by molar-refractivity contribution is 5.91. The second-order valence-corrected chi connectivity index (χ2v) is 4.48. The summed E-state index contributed by atoms with van der Waals surface area (Å²) < 4.78 is 23.9. The van der Waals surface area contributed by atoms with Gasteiger partial charge in [-0.2, -0.15) is 0 Å². The van der Waals surface area contributed by atoms with Gasteiger partial charge in [-0.1, -0.05) is 12.1 Å². The smallest absolute Gasteiger partial charge is 0.289 e. The van der Waals surface area contributed by atoms with Crippen LogP contribution in [0.4, 0.5) is 4.39 Å². The molecule has 0 saturated heterocycles. The maximum absolute atomic E-state index is 13.3. The van der Waals surface area contributed by atoms with Crippen molar-refractivity contribution in [2.45, 2.75) is 6.54 Å². The highest BCUT2D eigenvalue weighted by atomic mass is 19.1. The molecular formula is C15H17FN2O3. The normalized spacial score (nSPS) is 10.4. The average molecular weight is 292 g/mol. The van der Waals surface area contributed by atoms with Gasteiger partial charge in [0.05, 0.1) is 13.1 Å². The van der Waals surface area contributed by atoms with E-state index in [1.807, 2.05) is 0 Å². The first-order valence-corrected chi connectivity index (χ1v) is 6.53. The lowest BCUT2D eigenvalue weighted by molar-refractivity contribution is 0.0739. The van der Waals surface area contributed by atoms with Gasteiger partial charge in [0.15, 0.2) is 17.3 Å². The monoisotopic (exact) mass is 292 g/mol. The fraction of sp³-hybridized carbons (Fsp3) is 0.267. The number of amides is 1. The van der Waals surface area contributed by atoms with E-state index in [1.54, 1.807) is 31.3 Å². The molecule has 0 saturated carbocycles. The molecule has 0 radical (unpaired) electrons. The molecule has 21 heavy (non-hydrogen) atoms. The van der Waals surface area contributed by atoms with E-state index >= 15 is 0 Å². The molecule has 2 rings (SSSR count). The number of furan rings is 1. The molecular weight excluding hydrogens is 275 g/mol. The van der Waals surface area contributed by atoms with Gasteiger partial charge in [-0.05, 0) is 24.3 Å². The summed E-state index contributed by atoms with van der Waals surface area (Å²) in [6.07, 6.45) is 0. The zero-order valence-electron chi connectivity index (χ0n) is 11.7. The molecule has 1 aromatic heterocycles. The first-order valence-electron chi connectivity index (χ1n) is 6.53. The lowest BCUT2D eigenvalue weighted by atomic mass is 10.3. The first-order chi connectivity index (χ1) is 10.1. The Morgan fingerprint density at radius 3 is 2.76 bits per heavy atom. The van der Waals surface area contributed by atoms with Crippen LogP contribution in [0.15, 0.2) is 40.8 Å². The Kier molecular flexibility index (Phi) is 4.94. The number of nitrogens with zero attached hydrogens (tertiary/aromatic N) is 1. The lowest BCUT2D eigenvalue weighted by Gasteiger charge is -2.16. The molecule has 1 amide bonds. The van der Waals surface area contributed by atoms with E-state index < -0.39 is 5.82 Å². The van der Waals surface area contributed by atoms with Crippen LogP contribution in [0.25, 0.3) is 0 Å². The van der Waals surface area contributed by atoms with E-state index in [9.17, 15) is 9.18 Å². The van der Waals surface area contributed by atoms with Crippen LogP contribution in [-0.4, -0.2) is 31.0 Å². The van der Waals surface area contributed by atoms with Crippen LogP contribution in [0, 0.1) is 5.82 Å². The first kappa shape index (κ1) is 15.1. The zero-order chi connectivity index (χ0) is 15.2. The Balaban J connectivity index is 1.85. The van der Waals surface area contributed by atoms with Gasteiger partial charge < -0.3 is 19.8 Å². The number of benzene rings is 1. The largest absolute Gasteiger partial charge is 0.489 e. The third-order valence-corrected chi connectivity index (χ3v) is 2.94. The van der Waals surface area contributed by atoms with Crippen molar-refractivity contribution in [3.63, 3.8) is 0 Å². The van der Waals surface area contributed by atoms with Crippen molar-refractivity contribution in [2.24, 2.45) is 5.73 Å². The van der Waals surface area contributed by atoms with Gasteiger partial charge >= 0.3 is 0 Å². The summed E-state index contributed by atoms with van der Waals surface area (Å²) >= 11 is 0. The Bertz CT molecular complexity index is 612. The molecule has 0 aliphatic carbocycles. The van der Waals surface area contributed by atoms with Crippen molar-refractivity contribution in [3.05, 3.63) is 53.7 Å². The molecule has 0 spiro atoms. The molecule has 0 fully saturated rings. The van der Waals surface area contributed by atoms with Gasteiger partial charge in [-0.25, -0.2) is 4.39 Å². The highest BCUT2D eigenvalue weighted by Gasteiger charge is 2.15. The summed E-state index contributed by atoms with van der Waals surface area (Å²) in [4.78, 5) is 13.5. The summed E-state index contributed by atoms with van der Waals surface area (Å²) in [5.74, 6) is 0.247. The molecule has 112 valence electrons. The van der Waals surface area contributed by atoms with Crippen molar-refractivity contribution in [3.8, 4) is 5.75 Å². The predicted molar refractivity (Wildman–Crippen MR) is 75.5 cm³/mol. The van der Waals surface area contributed by atoms with Crippen LogP contribution < -0.4 is 10.5 Å². The summed E-state index contributed by atoms with van der Waals surface area (Å²) in [5.41, 5.74) is 5.42. The summed E-state index contributed by atoms with van der Waals surface area (Å²) in [6, 6.07) is 9.38. The van der Waals surface area contributed by atoms with Gasteiger partial charge in [0, 0.05) is 7.05 Å². The van der Waals surface area contributed by atoms with Gasteiger partial charge in [0.1, 0.15) is 12.4 Å². The van der Waals surface area contributed by atoms with E-state index in [-0.39, 0.29) is 30.6 Å². The number of hydrogen-bond acceptors (Lipinski definition) is 4. The maximum atomic E-state index is 13.3. The Morgan fingerprint density at radius 2 is 2.10 bits per heavy atom. The van der Waals surface area contributed by atoms with Gasteiger partial charge in [-0.15, -0.1) is 0 Å². The molecule has 0 unspecified atom stereocenters. The van der Waals surface area contributed by atoms with Crippen LogP contribution in [0.1, 0.15) is 16.3 Å². The zero-order valence-corrected chi connectivity index (χ0v) is 11.7. The summed E-state index contributed by atoms with van der Waals surface area (Å²) in [6.45, 7) is 0.743. The Hall–Kier alpha value is -2.34. The van der Waals surface area contributed by atoms with Gasteiger partial charge in [-0.3, -0.25) is 4.79 Å². The van der Waals surface area contributed by atoms with E-state index in [0.29, 0.717) is 12.3 Å². The molecule has 1 aromatic carbocycles. The minimum absolute atomic E-state index is 0.168. The van der Waals surface area contributed by atoms with E-state index in [0.717, 1.165) is 0 Å². The number of ether oxygens (including phenoxy) is 1. The minimum atomic E-state index is -0.426. The maximum Gasteiger partial charge on any atom is 0.289 e. The number of rotatable bonds is 6. The quantitative estimate of drug-likeness (QED) is 0.884. The third-order valence-electron chi connectivity index (χ3n) is 2.94. The van der Waals surface area contributed by atoms with Crippen LogP contribution in [0.2, 0.25) is 0 Å². The van der Waals surface area contributed by atoms with Crippen LogP contribution in [0.3, 0.4) is 0 Å². The van der Waals surface area contributed by atoms with Crippen LogP contribution in [-0.2, 0) is 6.54 Å². The van der Waals surface area contributed by atoms with Gasteiger partial charge in [0.25, 0.3) is 5.91 Å². The third kappa shape index (κ3) is 3.82. The van der Waals surface area contributed by atoms with Crippen molar-refractivity contribution in [1.29, 1.82) is 0 Å². The van der Waals surface area contributed by atoms with Crippen molar-refractivity contribution >= 4 is 5.91 Å². The lowest BCUT2D eigenvalue weighted by Crippen LogP contribution is -2.30. The van der Waals surface area contributed by atoms with Crippen LogP contribution >= 0.6 is 0 Å². The van der Waals surface area contributed by atoms with Crippen molar-refractivity contribution in [1.82, 2.24) is 4.90 Å². The van der Waals surface area contributed by atoms with Crippen LogP contribution in [0.5, 0.6) is 5.75 Å². The number of carbonyl (C=O) groups is 1. The van der Waals surface area contributed by atoms with E-state index in [2.05, 4.69) is 0 Å². The fourth-order valence-corrected chi connectivity index (χ4v) is 1.75. The molecule has 1 heterocycles. The molecule has 5 nitrogen and oxygen atoms in total. The SMILES string of the molecule is CN(CCOc1ccccc1F)C(=O)c1ccc(CN)o1. The second kappa shape index (κ2) is 6.90. The molecule has 2 N–H and O–H groups in total. The average Bonchev–Trinajstić information content (AvgIpc) is 2.97.